The molecule has 0 atom stereocenters. The fraction of sp³-hybridized carbons (Fsp3) is 0.400. The Hall–Kier alpha value is -1.75. The van der Waals surface area contributed by atoms with Gasteiger partial charge in [0.1, 0.15) is 5.01 Å². The van der Waals surface area contributed by atoms with Crippen LogP contribution in [0.4, 0.5) is 0 Å². The fourth-order valence-electron chi connectivity index (χ4n) is 2.67. The molecule has 2 aromatic heterocycles. The maximum absolute atomic E-state index is 11.0. The number of carboxylic acid groups (broad SMARTS) is 1. The molecule has 0 saturated heterocycles. The van der Waals surface area contributed by atoms with Gasteiger partial charge in [0.2, 0.25) is 0 Å². The van der Waals surface area contributed by atoms with Crippen LogP contribution in [-0.2, 0) is 0 Å². The quantitative estimate of drug-likeness (QED) is 0.928. The molecule has 104 valence electrons. The van der Waals surface area contributed by atoms with Gasteiger partial charge in [-0.1, -0.05) is 19.3 Å². The Kier molecular flexibility index (Phi) is 3.78. The molecular formula is C15H16N2O2S. The average molecular weight is 288 g/mol. The monoisotopic (exact) mass is 288 g/mol. The highest BCUT2D eigenvalue weighted by atomic mass is 32.1. The van der Waals surface area contributed by atoms with Gasteiger partial charge in [0.15, 0.2) is 0 Å². The van der Waals surface area contributed by atoms with Crippen molar-refractivity contribution in [3.63, 3.8) is 0 Å². The molecular weight excluding hydrogens is 272 g/mol. The molecule has 1 aliphatic carbocycles. The van der Waals surface area contributed by atoms with E-state index < -0.39 is 5.97 Å². The van der Waals surface area contributed by atoms with Gasteiger partial charge in [0, 0.05) is 17.5 Å². The van der Waals surface area contributed by atoms with Crippen molar-refractivity contribution in [1.29, 1.82) is 0 Å². The molecule has 0 aliphatic heterocycles. The Morgan fingerprint density at radius 1 is 1.30 bits per heavy atom. The van der Waals surface area contributed by atoms with Crippen LogP contribution >= 0.6 is 11.3 Å². The van der Waals surface area contributed by atoms with E-state index in [-0.39, 0.29) is 5.56 Å². The number of carboxylic acids is 1. The van der Waals surface area contributed by atoms with E-state index in [1.807, 2.05) is 0 Å². The Labute approximate surface area is 121 Å². The van der Waals surface area contributed by atoms with Crippen molar-refractivity contribution in [3.05, 3.63) is 35.0 Å². The Morgan fingerprint density at radius 3 is 2.85 bits per heavy atom. The molecule has 0 spiro atoms. The summed E-state index contributed by atoms with van der Waals surface area (Å²) in [5, 5.41) is 11.9. The van der Waals surface area contributed by atoms with Crippen molar-refractivity contribution in [2.45, 2.75) is 38.0 Å². The van der Waals surface area contributed by atoms with Crippen LogP contribution in [-0.4, -0.2) is 21.0 Å². The van der Waals surface area contributed by atoms with E-state index in [1.54, 1.807) is 17.4 Å². The zero-order chi connectivity index (χ0) is 13.9. The third kappa shape index (κ3) is 2.72. The predicted molar refractivity (Wildman–Crippen MR) is 78.1 cm³/mol. The van der Waals surface area contributed by atoms with Crippen LogP contribution in [0.1, 0.15) is 54.1 Å². The van der Waals surface area contributed by atoms with Crippen LogP contribution in [0.3, 0.4) is 0 Å². The van der Waals surface area contributed by atoms with Crippen LogP contribution in [0.5, 0.6) is 0 Å². The van der Waals surface area contributed by atoms with Gasteiger partial charge in [-0.25, -0.2) is 9.78 Å². The molecule has 5 heteroatoms. The first-order valence-corrected chi connectivity index (χ1v) is 7.77. The first-order valence-electron chi connectivity index (χ1n) is 6.89. The van der Waals surface area contributed by atoms with Crippen LogP contribution in [0, 0.1) is 0 Å². The maximum Gasteiger partial charge on any atom is 0.335 e. The molecule has 2 aromatic rings. The fourth-order valence-corrected chi connectivity index (χ4v) is 3.54. The van der Waals surface area contributed by atoms with Gasteiger partial charge >= 0.3 is 5.97 Å². The molecule has 4 nitrogen and oxygen atoms in total. The van der Waals surface area contributed by atoms with E-state index in [4.69, 9.17) is 5.11 Å². The van der Waals surface area contributed by atoms with Crippen LogP contribution in [0.2, 0.25) is 0 Å². The summed E-state index contributed by atoms with van der Waals surface area (Å²) in [5.74, 6) is -0.367. The molecule has 0 bridgehead atoms. The number of carbonyl (C=O) groups is 1. The number of hydrogen-bond donors (Lipinski definition) is 1. The minimum atomic E-state index is -0.933. The first-order chi connectivity index (χ1) is 9.74. The molecule has 0 amide bonds. The molecule has 3 rings (SSSR count). The number of aromatic carboxylic acids is 1. The lowest BCUT2D eigenvalue weighted by Gasteiger charge is -2.19. The summed E-state index contributed by atoms with van der Waals surface area (Å²) in [7, 11) is 0. The Bertz CT molecular complexity index is 618. The lowest BCUT2D eigenvalue weighted by Crippen LogP contribution is -2.04. The molecule has 1 fully saturated rings. The highest BCUT2D eigenvalue weighted by Crippen LogP contribution is 2.34. The van der Waals surface area contributed by atoms with E-state index in [9.17, 15) is 4.79 Å². The maximum atomic E-state index is 11.0. The Morgan fingerprint density at radius 2 is 2.10 bits per heavy atom. The number of pyridine rings is 1. The minimum Gasteiger partial charge on any atom is -0.478 e. The third-order valence-electron chi connectivity index (χ3n) is 3.77. The second-order valence-corrected chi connectivity index (χ2v) is 6.01. The number of hydrogen-bond acceptors (Lipinski definition) is 4. The van der Waals surface area contributed by atoms with Crippen molar-refractivity contribution in [3.8, 4) is 10.7 Å². The summed E-state index contributed by atoms with van der Waals surface area (Å²) < 4.78 is 0. The smallest absolute Gasteiger partial charge is 0.335 e. The second-order valence-electron chi connectivity index (χ2n) is 5.15. The molecule has 1 N–H and O–H groups in total. The van der Waals surface area contributed by atoms with Crippen molar-refractivity contribution < 1.29 is 9.90 Å². The van der Waals surface area contributed by atoms with E-state index in [1.165, 1.54) is 44.4 Å². The SMILES string of the molecule is O=C(O)c1ccnc(-c2nc(C3CCCCC3)cs2)c1. The summed E-state index contributed by atoms with van der Waals surface area (Å²) in [6.07, 6.45) is 7.85. The van der Waals surface area contributed by atoms with Crippen LogP contribution in [0.25, 0.3) is 10.7 Å². The van der Waals surface area contributed by atoms with Gasteiger partial charge in [0.05, 0.1) is 17.0 Å². The van der Waals surface area contributed by atoms with E-state index in [2.05, 4.69) is 15.3 Å². The summed E-state index contributed by atoms with van der Waals surface area (Å²) in [6.45, 7) is 0. The van der Waals surface area contributed by atoms with Crippen LogP contribution < -0.4 is 0 Å². The largest absolute Gasteiger partial charge is 0.478 e. The second kappa shape index (κ2) is 5.71. The zero-order valence-corrected chi connectivity index (χ0v) is 11.9. The van der Waals surface area contributed by atoms with Gasteiger partial charge in [0.25, 0.3) is 0 Å². The molecule has 0 aromatic carbocycles. The first kappa shape index (κ1) is 13.2. The molecule has 0 radical (unpaired) electrons. The number of thiazole rings is 1. The highest BCUT2D eigenvalue weighted by Gasteiger charge is 2.19. The lowest BCUT2D eigenvalue weighted by molar-refractivity contribution is 0.0697. The molecule has 2 heterocycles. The summed E-state index contributed by atoms with van der Waals surface area (Å²) >= 11 is 1.55. The molecule has 1 aliphatic rings. The van der Waals surface area contributed by atoms with E-state index in [0.717, 1.165) is 10.7 Å². The Balaban J connectivity index is 1.85. The van der Waals surface area contributed by atoms with Gasteiger partial charge in [-0.05, 0) is 25.0 Å². The lowest BCUT2D eigenvalue weighted by atomic mass is 9.87. The van der Waals surface area contributed by atoms with Gasteiger partial charge in [-0.2, -0.15) is 0 Å². The van der Waals surface area contributed by atoms with Crippen molar-refractivity contribution in [1.82, 2.24) is 9.97 Å². The molecule has 1 saturated carbocycles. The number of rotatable bonds is 3. The molecule has 20 heavy (non-hydrogen) atoms. The number of nitrogens with zero attached hydrogens (tertiary/aromatic N) is 2. The topological polar surface area (TPSA) is 63.1 Å². The molecule has 0 unspecified atom stereocenters. The van der Waals surface area contributed by atoms with Gasteiger partial charge in [-0.15, -0.1) is 11.3 Å². The predicted octanol–water partition coefficient (Wildman–Crippen LogP) is 3.95. The normalized spacial score (nSPS) is 16.2. The van der Waals surface area contributed by atoms with Crippen LogP contribution in [0.15, 0.2) is 23.7 Å². The summed E-state index contributed by atoms with van der Waals surface area (Å²) in [5.41, 5.74) is 2.05. The van der Waals surface area contributed by atoms with E-state index >= 15 is 0 Å². The number of aromatic nitrogens is 2. The van der Waals surface area contributed by atoms with Gasteiger partial charge < -0.3 is 5.11 Å². The third-order valence-corrected chi connectivity index (χ3v) is 4.65. The zero-order valence-electron chi connectivity index (χ0n) is 11.1. The van der Waals surface area contributed by atoms with Crippen molar-refractivity contribution in [2.24, 2.45) is 0 Å². The standard InChI is InChI=1S/C15H16N2O2S/c18-15(19)11-6-7-16-12(8-11)14-17-13(9-20-14)10-4-2-1-3-5-10/h6-10H,1-5H2,(H,18,19). The van der Waals surface area contributed by atoms with E-state index in [0.29, 0.717) is 11.6 Å². The van der Waals surface area contributed by atoms with Gasteiger partial charge in [-0.3, -0.25) is 4.98 Å². The minimum absolute atomic E-state index is 0.254. The average Bonchev–Trinajstić information content (AvgIpc) is 2.98. The summed E-state index contributed by atoms with van der Waals surface area (Å²) in [4.78, 5) is 19.9. The highest BCUT2D eigenvalue weighted by molar-refractivity contribution is 7.13. The van der Waals surface area contributed by atoms with Crippen molar-refractivity contribution in [2.75, 3.05) is 0 Å². The summed E-state index contributed by atoms with van der Waals surface area (Å²) in [6, 6.07) is 3.09. The van der Waals surface area contributed by atoms with Crippen molar-refractivity contribution >= 4 is 17.3 Å².